The largest absolute Gasteiger partial charge is 0.103 e. The number of hydrogen-bond acceptors (Lipinski definition) is 0. The van der Waals surface area contributed by atoms with Gasteiger partial charge in [-0.25, -0.2) is 0 Å². The van der Waals surface area contributed by atoms with Crippen molar-refractivity contribution >= 4 is 0 Å². The molecule has 0 aromatic rings. The summed E-state index contributed by atoms with van der Waals surface area (Å²) >= 11 is 0. The van der Waals surface area contributed by atoms with Gasteiger partial charge in [-0.3, -0.25) is 0 Å². The molecule has 0 rings (SSSR count). The topological polar surface area (TPSA) is 0 Å². The van der Waals surface area contributed by atoms with Gasteiger partial charge in [0.2, 0.25) is 0 Å². The van der Waals surface area contributed by atoms with E-state index in [2.05, 4.69) is 65.2 Å². The van der Waals surface area contributed by atoms with Crippen LogP contribution in [0, 0.1) is 0 Å². The fraction of sp³-hybridized carbons (Fsp3) is 0.565. The van der Waals surface area contributed by atoms with Gasteiger partial charge in [-0.1, -0.05) is 82.2 Å². The second-order valence-corrected chi connectivity index (χ2v) is 4.49. The average molecular weight is 323 g/mol. The molecule has 0 unspecified atom stereocenters. The third kappa shape index (κ3) is 161. The van der Waals surface area contributed by atoms with Gasteiger partial charge in [-0.05, 0) is 53.9 Å². The summed E-state index contributed by atoms with van der Waals surface area (Å²) in [4.78, 5) is 0. The predicted octanol–water partition coefficient (Wildman–Crippen LogP) is 9.08. The zero-order valence-corrected chi connectivity index (χ0v) is 17.6. The predicted molar refractivity (Wildman–Crippen MR) is 116 cm³/mol. The van der Waals surface area contributed by atoms with E-state index in [4.69, 9.17) is 0 Å². The SMILES string of the molecule is C/C=C/C.C/C=C/CC.C/C=C/CCC.C=CC.C=CCCC. The van der Waals surface area contributed by atoms with Crippen LogP contribution in [0.2, 0.25) is 0 Å². The summed E-state index contributed by atoms with van der Waals surface area (Å²) in [5, 5.41) is 0. The van der Waals surface area contributed by atoms with Crippen molar-refractivity contribution < 1.29 is 0 Å². The molecule has 0 fully saturated rings. The van der Waals surface area contributed by atoms with Crippen molar-refractivity contribution in [2.45, 2.75) is 87.5 Å². The second kappa shape index (κ2) is 58.7. The molecule has 0 spiro atoms. The van der Waals surface area contributed by atoms with E-state index < -0.39 is 0 Å². The minimum atomic E-state index is 1.15. The monoisotopic (exact) mass is 322 g/mol. The highest BCUT2D eigenvalue weighted by Gasteiger charge is 1.64. The van der Waals surface area contributed by atoms with Gasteiger partial charge < -0.3 is 0 Å². The normalized spacial score (nSPS) is 8.70. The van der Waals surface area contributed by atoms with Gasteiger partial charge in [0.15, 0.2) is 0 Å². The Morgan fingerprint density at radius 2 is 1.00 bits per heavy atom. The van der Waals surface area contributed by atoms with E-state index in [-0.39, 0.29) is 0 Å². The third-order valence-corrected chi connectivity index (χ3v) is 1.99. The number of allylic oxidation sites excluding steroid dienone is 8. The van der Waals surface area contributed by atoms with Crippen LogP contribution in [0.5, 0.6) is 0 Å². The van der Waals surface area contributed by atoms with Gasteiger partial charge in [0.25, 0.3) is 0 Å². The lowest BCUT2D eigenvalue weighted by molar-refractivity contribution is 0.957. The molecular weight excluding hydrogens is 276 g/mol. The van der Waals surface area contributed by atoms with Crippen molar-refractivity contribution in [1.82, 2.24) is 0 Å². The lowest BCUT2D eigenvalue weighted by Crippen LogP contribution is -1.55. The Labute approximate surface area is 149 Å². The summed E-state index contributed by atoms with van der Waals surface area (Å²) in [6, 6.07) is 0. The summed E-state index contributed by atoms with van der Waals surface area (Å²) < 4.78 is 0. The van der Waals surface area contributed by atoms with Crippen LogP contribution in [0.3, 0.4) is 0 Å². The molecule has 0 heterocycles. The third-order valence-electron chi connectivity index (χ3n) is 1.99. The summed E-state index contributed by atoms with van der Waals surface area (Å²) in [5.41, 5.74) is 0. The molecule has 0 amide bonds. The first-order valence-electron chi connectivity index (χ1n) is 9.05. The molecular formula is C23H46. The van der Waals surface area contributed by atoms with Crippen LogP contribution in [0.1, 0.15) is 87.5 Å². The van der Waals surface area contributed by atoms with E-state index in [1.807, 2.05) is 45.9 Å². The quantitative estimate of drug-likeness (QED) is 0.443. The van der Waals surface area contributed by atoms with Crippen LogP contribution in [-0.4, -0.2) is 0 Å². The van der Waals surface area contributed by atoms with Crippen molar-refractivity contribution in [3.05, 3.63) is 61.8 Å². The lowest BCUT2D eigenvalue weighted by Gasteiger charge is -1.76. The van der Waals surface area contributed by atoms with Crippen LogP contribution in [0.15, 0.2) is 61.8 Å². The molecule has 0 N–H and O–H groups in total. The minimum Gasteiger partial charge on any atom is -0.103 e. The van der Waals surface area contributed by atoms with Crippen molar-refractivity contribution in [2.24, 2.45) is 0 Å². The van der Waals surface area contributed by atoms with Crippen molar-refractivity contribution in [3.8, 4) is 0 Å². The number of rotatable bonds is 5. The van der Waals surface area contributed by atoms with E-state index >= 15 is 0 Å². The molecule has 0 aromatic carbocycles. The number of hydrogen-bond donors (Lipinski definition) is 0. The fourth-order valence-corrected chi connectivity index (χ4v) is 0.773. The maximum Gasteiger partial charge on any atom is -0.0353 e. The summed E-state index contributed by atoms with van der Waals surface area (Å²) in [5.74, 6) is 0. The van der Waals surface area contributed by atoms with E-state index in [0.29, 0.717) is 0 Å². The molecule has 0 nitrogen and oxygen atoms in total. The molecule has 0 heteroatoms. The van der Waals surface area contributed by atoms with Crippen molar-refractivity contribution in [1.29, 1.82) is 0 Å². The average Bonchev–Trinajstić information content (AvgIpc) is 2.56. The van der Waals surface area contributed by atoms with Crippen molar-refractivity contribution in [2.75, 3.05) is 0 Å². The molecule has 138 valence electrons. The van der Waals surface area contributed by atoms with E-state index in [0.717, 1.165) is 12.8 Å². The van der Waals surface area contributed by atoms with Crippen molar-refractivity contribution in [3.63, 3.8) is 0 Å². The van der Waals surface area contributed by atoms with Crippen LogP contribution < -0.4 is 0 Å². The number of unbranched alkanes of at least 4 members (excludes halogenated alkanes) is 2. The zero-order valence-electron chi connectivity index (χ0n) is 17.6. The Bertz CT molecular complexity index is 224. The molecule has 0 aliphatic heterocycles. The van der Waals surface area contributed by atoms with E-state index in [1.165, 1.54) is 19.3 Å². The summed E-state index contributed by atoms with van der Waals surface area (Å²) in [6.45, 7) is 23.3. The van der Waals surface area contributed by atoms with Gasteiger partial charge in [-0.15, -0.1) is 13.2 Å². The van der Waals surface area contributed by atoms with Crippen LogP contribution in [0.4, 0.5) is 0 Å². The summed E-state index contributed by atoms with van der Waals surface area (Å²) in [7, 11) is 0. The van der Waals surface area contributed by atoms with Crippen LogP contribution >= 0.6 is 0 Å². The Morgan fingerprint density at radius 3 is 1.04 bits per heavy atom. The zero-order chi connectivity index (χ0) is 19.2. The first kappa shape index (κ1) is 33.3. The molecule has 0 atom stereocenters. The van der Waals surface area contributed by atoms with Gasteiger partial charge in [0.05, 0.1) is 0 Å². The molecule has 0 aliphatic carbocycles. The maximum absolute atomic E-state index is 3.55. The standard InChI is InChI=1S/C6H12.2C5H10.C4H8.C3H6/c1-3-5-6-4-2;2*1-3-5-4-2;1-3-4-2;1-3-2/h3,5H,4,6H2,1-2H3;3,5H,4H2,1-2H3;3H,1,4-5H2,2H3;3-4H,1-2H3;3H,1H2,2H3/b2*5-3+;;4-3+;. The molecule has 23 heavy (non-hydrogen) atoms. The highest BCUT2D eigenvalue weighted by atomic mass is 13.7. The Hall–Kier alpha value is -1.30. The van der Waals surface area contributed by atoms with E-state index in [9.17, 15) is 0 Å². The Balaban J connectivity index is -0.0000000598. The smallest absolute Gasteiger partial charge is 0.0353 e. The van der Waals surface area contributed by atoms with E-state index in [1.54, 1.807) is 6.08 Å². The summed E-state index contributed by atoms with van der Waals surface area (Å²) in [6.07, 6.45) is 22.2. The molecule has 0 bridgehead atoms. The Kier molecular flexibility index (Phi) is 85.1. The molecule has 0 saturated heterocycles. The van der Waals surface area contributed by atoms with Crippen LogP contribution in [-0.2, 0) is 0 Å². The minimum absolute atomic E-state index is 1.15. The van der Waals surface area contributed by atoms with Gasteiger partial charge in [0, 0.05) is 0 Å². The Morgan fingerprint density at radius 1 is 0.609 bits per heavy atom. The molecule has 0 radical (unpaired) electrons. The first-order chi connectivity index (χ1) is 11.1. The maximum atomic E-state index is 3.55. The fourth-order valence-electron chi connectivity index (χ4n) is 0.773. The molecule has 0 saturated carbocycles. The molecule has 0 aliphatic rings. The highest BCUT2D eigenvalue weighted by molar-refractivity contribution is 4.75. The lowest BCUT2D eigenvalue weighted by atomic mass is 10.3. The molecule has 0 aromatic heterocycles. The first-order valence-corrected chi connectivity index (χ1v) is 9.05. The van der Waals surface area contributed by atoms with Gasteiger partial charge in [0.1, 0.15) is 0 Å². The van der Waals surface area contributed by atoms with Gasteiger partial charge >= 0.3 is 0 Å². The highest BCUT2D eigenvalue weighted by Crippen LogP contribution is 1.85. The van der Waals surface area contributed by atoms with Gasteiger partial charge in [-0.2, -0.15) is 0 Å². The second-order valence-electron chi connectivity index (χ2n) is 4.49. The van der Waals surface area contributed by atoms with Crippen LogP contribution in [0.25, 0.3) is 0 Å².